The molecule has 0 rings (SSSR count). The van der Waals surface area contributed by atoms with Gasteiger partial charge in [0.15, 0.2) is 4.64 Å². The van der Waals surface area contributed by atoms with Crippen LogP contribution in [0.25, 0.3) is 0 Å². The van der Waals surface area contributed by atoms with Gasteiger partial charge in [-0.25, -0.2) is 15.3 Å². The molecule has 0 amide bonds. The van der Waals surface area contributed by atoms with E-state index in [-0.39, 0.29) is 0 Å². The number of hydrogen-bond donors (Lipinski definition) is 1. The fourth-order valence-corrected chi connectivity index (χ4v) is 0.279. The van der Waals surface area contributed by atoms with E-state index in [4.69, 9.17) is 0 Å². The fraction of sp³-hybridized carbons (Fsp3) is 0. The van der Waals surface area contributed by atoms with E-state index in [0.717, 1.165) is 0 Å². The zero-order valence-corrected chi connectivity index (χ0v) is 4.71. The van der Waals surface area contributed by atoms with Crippen molar-refractivity contribution in [1.82, 2.24) is 4.64 Å². The summed E-state index contributed by atoms with van der Waals surface area (Å²) in [5.74, 6) is 0. The van der Waals surface area contributed by atoms with Crippen LogP contribution in [0, 0.1) is 10.1 Å². The highest BCUT2D eigenvalue weighted by atomic mass is 32.2. The second-order valence-electron chi connectivity index (χ2n) is 0.979. The van der Waals surface area contributed by atoms with Gasteiger partial charge in [0, 0.05) is 0 Å². The van der Waals surface area contributed by atoms with Crippen molar-refractivity contribution in [3.05, 3.63) is 10.1 Å². The molecule has 0 bridgehead atoms. The summed E-state index contributed by atoms with van der Waals surface area (Å²) >= 11 is 0. The lowest BCUT2D eigenvalue weighted by atomic mass is 12.7. The van der Waals surface area contributed by atoms with Crippen LogP contribution in [0.15, 0.2) is 0 Å². The summed E-state index contributed by atoms with van der Waals surface area (Å²) in [7, 11) is -4.83. The van der Waals surface area contributed by atoms with Gasteiger partial charge in [-0.1, -0.05) is 0 Å². The summed E-state index contributed by atoms with van der Waals surface area (Å²) in [4.78, 5) is 9.24. The molecule has 0 unspecified atom stereocenters. The van der Waals surface area contributed by atoms with Crippen molar-refractivity contribution in [3.63, 3.8) is 0 Å². The average molecular weight is 159 g/mol. The Bertz CT molecular complexity index is 206. The minimum Gasteiger partial charge on any atom is -0.232 e. The van der Waals surface area contributed by atoms with Gasteiger partial charge in [-0.15, -0.1) is 0 Å². The monoisotopic (exact) mass is 159 g/mol. The molecule has 9 heteroatoms. The Labute approximate surface area is 49.1 Å². The molecule has 0 spiro atoms. The van der Waals surface area contributed by atoms with Crippen molar-refractivity contribution in [1.29, 1.82) is 0 Å². The highest BCUT2D eigenvalue weighted by Gasteiger charge is 2.26. The van der Waals surface area contributed by atoms with E-state index in [1.165, 1.54) is 0 Å². The van der Waals surface area contributed by atoms with Gasteiger partial charge >= 0.3 is 10.2 Å². The zero-order chi connectivity index (χ0) is 7.65. The highest BCUT2D eigenvalue weighted by molar-refractivity contribution is 7.86. The van der Waals surface area contributed by atoms with Crippen LogP contribution in [0.4, 0.5) is 4.48 Å². The normalized spacial score (nSPS) is 10.9. The fourth-order valence-electron chi connectivity index (χ4n) is 0.0929. The number of nitrogens with zero attached hydrogens (tertiary/aromatic N) is 2. The van der Waals surface area contributed by atoms with Gasteiger partial charge in [-0.2, -0.15) is 8.42 Å². The predicted octanol–water partition coefficient (Wildman–Crippen LogP) is -1.43. The number of nitro groups is 1. The van der Waals surface area contributed by atoms with Crippen molar-refractivity contribution in [2.45, 2.75) is 0 Å². The zero-order valence-electron chi connectivity index (χ0n) is 3.89. The lowest BCUT2D eigenvalue weighted by Gasteiger charge is -1.95. The molecule has 0 atom stereocenters. The summed E-state index contributed by atoms with van der Waals surface area (Å²) in [5, 5.41) is 11.4. The molecule has 0 saturated heterocycles. The van der Waals surface area contributed by atoms with E-state index in [1.807, 2.05) is 0 Å². The van der Waals surface area contributed by atoms with Crippen LogP contribution in [0.2, 0.25) is 0 Å². The Hall–Kier alpha value is -0.960. The lowest BCUT2D eigenvalue weighted by molar-refractivity contribution is -0.666. The van der Waals surface area contributed by atoms with Crippen LogP contribution in [-0.2, 0) is 10.2 Å². The first-order valence-corrected chi connectivity index (χ1v) is 2.99. The molecule has 7 nitrogen and oxygen atoms in total. The van der Waals surface area contributed by atoms with Crippen LogP contribution in [0.3, 0.4) is 0 Å². The molecule has 0 heterocycles. The third-order valence-electron chi connectivity index (χ3n) is 0.338. The molecule has 54 valence electrons. The number of halogens is 1. The van der Waals surface area contributed by atoms with E-state index in [0.29, 0.717) is 0 Å². The topological polar surface area (TPSA) is 107 Å². The van der Waals surface area contributed by atoms with Gasteiger partial charge in [0.05, 0.1) is 0 Å². The van der Waals surface area contributed by atoms with Crippen LogP contribution in [0.1, 0.15) is 0 Å². The van der Waals surface area contributed by atoms with Gasteiger partial charge < -0.3 is 0 Å². The molecule has 0 aliphatic heterocycles. The number of nitrogens with two attached hydrogens (primary N) is 1. The first-order chi connectivity index (χ1) is 3.85. The summed E-state index contributed by atoms with van der Waals surface area (Å²) < 4.78 is 29.1. The van der Waals surface area contributed by atoms with Crippen molar-refractivity contribution in [2.75, 3.05) is 0 Å². The van der Waals surface area contributed by atoms with Crippen molar-refractivity contribution in [3.8, 4) is 0 Å². The molecule has 0 aromatic rings. The molecule has 0 fully saturated rings. The third kappa shape index (κ3) is 2.19. The largest absolute Gasteiger partial charge is 0.381 e. The molecule has 0 aliphatic rings. The lowest BCUT2D eigenvalue weighted by Crippen LogP contribution is -2.34. The maximum Gasteiger partial charge on any atom is 0.381 e. The first kappa shape index (κ1) is 8.04. The Morgan fingerprint density at radius 1 is 1.67 bits per heavy atom. The summed E-state index contributed by atoms with van der Waals surface area (Å²) in [6, 6.07) is 0. The van der Waals surface area contributed by atoms with Crippen LogP contribution in [0.5, 0.6) is 0 Å². The SMILES string of the molecule is NS(=O)(=O)N(F)[N+](=O)[O-]. The average Bonchev–Trinajstić information content (AvgIpc) is 1.62. The second kappa shape index (κ2) is 2.11. The number of hydrogen-bond acceptors (Lipinski definition) is 4. The standard InChI is InChI=1S/FH2N3O4S/c1-3(4(5)6)9(2,7)8/h(H2,2,7,8). The molecule has 0 radical (unpaired) electrons. The quantitative estimate of drug-likeness (QED) is 0.302. The molecule has 0 saturated carbocycles. The Kier molecular flexibility index (Phi) is 1.88. The Morgan fingerprint density at radius 3 is 2.00 bits per heavy atom. The minimum atomic E-state index is -4.83. The third-order valence-corrected chi connectivity index (χ3v) is 0.892. The molecule has 2 N–H and O–H groups in total. The predicted molar refractivity (Wildman–Crippen MR) is 23.0 cm³/mol. The molecule has 0 aliphatic carbocycles. The van der Waals surface area contributed by atoms with Gasteiger partial charge in [-0.05, 0) is 4.48 Å². The van der Waals surface area contributed by atoms with Crippen LogP contribution >= 0.6 is 0 Å². The summed E-state index contributed by atoms with van der Waals surface area (Å²) in [6.45, 7) is 0. The second-order valence-corrected chi connectivity index (χ2v) is 2.31. The molecule has 0 aromatic heterocycles. The van der Waals surface area contributed by atoms with E-state index < -0.39 is 19.9 Å². The Morgan fingerprint density at radius 2 is 2.00 bits per heavy atom. The van der Waals surface area contributed by atoms with Crippen molar-refractivity contribution >= 4 is 10.2 Å². The molecule has 0 aromatic carbocycles. The van der Waals surface area contributed by atoms with Gasteiger partial charge in [0.25, 0.3) is 0 Å². The van der Waals surface area contributed by atoms with E-state index >= 15 is 0 Å². The van der Waals surface area contributed by atoms with Crippen LogP contribution < -0.4 is 5.14 Å². The molecule has 9 heavy (non-hydrogen) atoms. The van der Waals surface area contributed by atoms with E-state index in [2.05, 4.69) is 5.14 Å². The summed E-state index contributed by atoms with van der Waals surface area (Å²) in [5.41, 5.74) is 0. The van der Waals surface area contributed by atoms with Gasteiger partial charge in [0.1, 0.15) is 0 Å². The van der Waals surface area contributed by atoms with Crippen LogP contribution in [-0.4, -0.2) is 18.1 Å². The first-order valence-electron chi connectivity index (χ1n) is 1.49. The van der Waals surface area contributed by atoms with Gasteiger partial charge in [0.2, 0.25) is 5.03 Å². The number of rotatable bonds is 2. The number of hydrazine groups is 1. The smallest absolute Gasteiger partial charge is 0.232 e. The molecular weight excluding hydrogens is 157 g/mol. The Balaban J connectivity index is 4.43. The maximum absolute atomic E-state index is 11.5. The van der Waals surface area contributed by atoms with Gasteiger partial charge in [-0.3, -0.25) is 0 Å². The maximum atomic E-state index is 11.5. The van der Waals surface area contributed by atoms with Crippen molar-refractivity contribution in [2.24, 2.45) is 5.14 Å². The van der Waals surface area contributed by atoms with E-state index in [9.17, 15) is 23.0 Å². The minimum absolute atomic E-state index is 1.67. The van der Waals surface area contributed by atoms with E-state index in [1.54, 1.807) is 0 Å². The van der Waals surface area contributed by atoms with Crippen molar-refractivity contribution < 1.29 is 17.9 Å². The molecular formula is H2FN3O4S. The summed E-state index contributed by atoms with van der Waals surface area (Å²) in [6.07, 6.45) is 0. The highest BCUT2D eigenvalue weighted by Crippen LogP contribution is 1.92.